The number of rotatable bonds is 8. The zero-order chi connectivity index (χ0) is 33.6. The van der Waals surface area contributed by atoms with E-state index < -0.39 is 0 Å². The summed E-state index contributed by atoms with van der Waals surface area (Å²) in [4.78, 5) is 15.1. The molecule has 0 amide bonds. The zero-order valence-electron chi connectivity index (χ0n) is 27.8. The van der Waals surface area contributed by atoms with E-state index in [1.807, 2.05) is 72.8 Å². The van der Waals surface area contributed by atoms with Gasteiger partial charge in [0, 0.05) is 46.8 Å². The number of aromatic hydroxyl groups is 2. The first-order valence-electron chi connectivity index (χ1n) is 15.0. The van der Waals surface area contributed by atoms with Gasteiger partial charge in [-0.05, 0) is 48.5 Å². The topological polar surface area (TPSA) is 139 Å². The fourth-order valence-corrected chi connectivity index (χ4v) is 4.40. The molecule has 0 unspecified atom stereocenters. The van der Waals surface area contributed by atoms with E-state index in [0.29, 0.717) is 33.6 Å². The second-order valence-corrected chi connectivity index (χ2v) is 10.3. The zero-order valence-corrected chi connectivity index (χ0v) is 27.8. The third kappa shape index (κ3) is 11.2. The summed E-state index contributed by atoms with van der Waals surface area (Å²) in [6, 6.07) is 42.6. The van der Waals surface area contributed by atoms with Crippen LogP contribution in [-0.2, 0) is 0 Å². The van der Waals surface area contributed by atoms with Crippen LogP contribution < -0.4 is 20.2 Å². The Morgan fingerprint density at radius 1 is 0.420 bits per heavy atom. The summed E-state index contributed by atoms with van der Waals surface area (Å²) < 4.78 is 0. The molecule has 240 valence electrons. The van der Waals surface area contributed by atoms with Crippen LogP contribution in [0.2, 0.25) is 0 Å². The Kier molecular flexibility index (Phi) is 15.6. The predicted molar refractivity (Wildman–Crippen MR) is 198 cm³/mol. The number of benzene rings is 6. The van der Waals surface area contributed by atoms with Gasteiger partial charge in [-0.2, -0.15) is 0 Å². The van der Waals surface area contributed by atoms with Crippen LogP contribution in [0.1, 0.15) is 22.3 Å². The first-order valence-corrected chi connectivity index (χ1v) is 15.0. The molecule has 0 aliphatic carbocycles. The van der Waals surface area contributed by atoms with Crippen molar-refractivity contribution in [3.8, 4) is 23.0 Å². The third-order valence-electron chi connectivity index (χ3n) is 6.97. The molecule has 10 heteroatoms. The van der Waals surface area contributed by atoms with Crippen LogP contribution in [-0.4, -0.2) is 72.8 Å². The Balaban J connectivity index is 0.000000260. The number of hydrogen-bond donors (Lipinski definition) is 4. The smallest absolute Gasteiger partial charge is 0.275 e. The maximum absolute atomic E-state index is 11.7. The van der Waals surface area contributed by atoms with Gasteiger partial charge >= 0.3 is 0 Å². The van der Waals surface area contributed by atoms with Crippen molar-refractivity contribution in [1.29, 1.82) is 0 Å². The Morgan fingerprint density at radius 3 is 1.12 bits per heavy atom. The van der Waals surface area contributed by atoms with E-state index >= 15 is 0 Å². The van der Waals surface area contributed by atoms with Crippen LogP contribution in [0, 0.1) is 0 Å². The molecule has 0 fully saturated rings. The molecule has 6 rings (SSSR count). The molecule has 0 aliphatic heterocycles. The third-order valence-corrected chi connectivity index (χ3v) is 6.97. The predicted octanol–water partition coefficient (Wildman–Crippen LogP) is 3.33. The van der Waals surface area contributed by atoms with Crippen LogP contribution in [0.3, 0.4) is 0 Å². The van der Waals surface area contributed by atoms with E-state index in [1.165, 1.54) is 12.1 Å². The average molecular weight is 647 g/mol. The number of aliphatic imine (C=N–C) groups is 2. The molecule has 4 radical (unpaired) electrons. The number of hydrogen-bond acceptors (Lipinski definition) is 6. The van der Waals surface area contributed by atoms with Gasteiger partial charge in [-0.3, -0.25) is 9.98 Å². The normalized spacial score (nSPS) is 10.9. The molecule has 8 nitrogen and oxygen atoms in total. The second-order valence-electron chi connectivity index (χ2n) is 10.3. The van der Waals surface area contributed by atoms with Gasteiger partial charge in [0.25, 0.3) is 11.4 Å². The number of para-hydroxylation sites is 8. The summed E-state index contributed by atoms with van der Waals surface area (Å²) in [5.41, 5.74) is 5.40. The summed E-state index contributed by atoms with van der Waals surface area (Å²) >= 11 is 0. The summed E-state index contributed by atoms with van der Waals surface area (Å²) in [6.45, 7) is 0. The maximum atomic E-state index is 11.7. The van der Waals surface area contributed by atoms with Crippen molar-refractivity contribution in [3.63, 3.8) is 0 Å². The molecule has 0 aliphatic rings. The van der Waals surface area contributed by atoms with Gasteiger partial charge in [-0.15, -0.1) is 0 Å². The van der Waals surface area contributed by atoms with Crippen molar-refractivity contribution in [2.75, 3.05) is 0 Å². The maximum Gasteiger partial charge on any atom is 0.275 e. The van der Waals surface area contributed by atoms with E-state index in [-0.39, 0.29) is 60.7 Å². The van der Waals surface area contributed by atoms with Crippen LogP contribution in [0.15, 0.2) is 156 Å². The standard InChI is InChI=1S/2C20H16N2O2.2Li/c2*23-19-11-5-1-7-15(19)13-21-17-9-3-4-10-18(17)22-14-16-8-2-6-12-20(16)24;;/h2*1-14,23-24H;;/q;;2*-1. The van der Waals surface area contributed by atoms with E-state index in [9.17, 15) is 20.4 Å². The van der Waals surface area contributed by atoms with E-state index in [4.69, 9.17) is 0 Å². The quantitative estimate of drug-likeness (QED) is 0.149. The average Bonchev–Trinajstić information content (AvgIpc) is 3.11. The van der Waals surface area contributed by atoms with Gasteiger partial charge in [0.1, 0.15) is 11.5 Å². The molecule has 0 aromatic heterocycles. The molecular weight excluding hydrogens is 614 g/mol. The molecule has 0 atom stereocenters. The Hall–Kier alpha value is -5.61. The van der Waals surface area contributed by atoms with Gasteiger partial charge in [0.15, 0.2) is 12.4 Å². The summed E-state index contributed by atoms with van der Waals surface area (Å²) in [5, 5.41) is 43.1. The van der Waals surface area contributed by atoms with Crippen molar-refractivity contribution in [2.45, 2.75) is 0 Å². The minimum Gasteiger partial charge on any atom is -1.00 e. The van der Waals surface area contributed by atoms with Gasteiger partial charge < -0.3 is 58.1 Å². The SMILES string of the molecule is Oc1ccccc1C=Nc1ccccc1N=Cc1ccccc1O.[Li-].[Li-].[O-]c1ccccc1C=[NH+]c1ccccc1[NH+]=Cc1ccccc1[O-]. The summed E-state index contributed by atoms with van der Waals surface area (Å²) in [6.07, 6.45) is 6.54. The molecule has 0 spiro atoms. The van der Waals surface area contributed by atoms with Crippen LogP contribution in [0.5, 0.6) is 23.0 Å². The van der Waals surface area contributed by atoms with Crippen LogP contribution in [0.25, 0.3) is 0 Å². The Labute approximate surface area is 315 Å². The first kappa shape index (κ1) is 38.8. The van der Waals surface area contributed by atoms with E-state index in [2.05, 4.69) is 20.0 Å². The number of nitrogens with zero attached hydrogens (tertiary/aromatic N) is 2. The molecule has 6 aromatic carbocycles. The Bertz CT molecular complexity index is 1820. The molecule has 0 heterocycles. The van der Waals surface area contributed by atoms with Gasteiger partial charge in [0.05, 0.1) is 11.4 Å². The van der Waals surface area contributed by atoms with Gasteiger partial charge in [-0.1, -0.05) is 96.4 Å². The van der Waals surface area contributed by atoms with Crippen LogP contribution in [0.4, 0.5) is 22.7 Å². The molecular formula is C40H32Li2N4O4-2. The van der Waals surface area contributed by atoms with Crippen molar-refractivity contribution in [1.82, 2.24) is 0 Å². The monoisotopic (exact) mass is 646 g/mol. The number of nitrogens with one attached hydrogen (secondary N) is 2. The van der Waals surface area contributed by atoms with Crippen molar-refractivity contribution in [2.24, 2.45) is 9.98 Å². The molecule has 4 N–H and O–H groups in total. The molecule has 0 saturated carbocycles. The molecule has 0 bridgehead atoms. The van der Waals surface area contributed by atoms with Crippen LogP contribution >= 0.6 is 0 Å². The summed E-state index contributed by atoms with van der Waals surface area (Å²) in [5.74, 6) is 0.275. The fraction of sp³-hybridized carbons (Fsp3) is 0. The Morgan fingerprint density at radius 2 is 0.740 bits per heavy atom. The minimum absolute atomic E-state index is 0. The molecule has 50 heavy (non-hydrogen) atoms. The summed E-state index contributed by atoms with van der Waals surface area (Å²) in [7, 11) is 0. The van der Waals surface area contributed by atoms with Crippen molar-refractivity contribution < 1.29 is 30.4 Å². The molecule has 0 saturated heterocycles. The minimum atomic E-state index is -0.0396. The number of phenols is 2. The first-order chi connectivity index (χ1) is 23.5. The van der Waals surface area contributed by atoms with Crippen molar-refractivity contribution >= 4 is 85.3 Å². The van der Waals surface area contributed by atoms with E-state index in [1.54, 1.807) is 85.5 Å². The van der Waals surface area contributed by atoms with E-state index in [0.717, 1.165) is 11.4 Å². The second kappa shape index (κ2) is 20.0. The largest absolute Gasteiger partial charge is 1.00 e. The van der Waals surface area contributed by atoms with Crippen molar-refractivity contribution in [3.05, 3.63) is 168 Å². The van der Waals surface area contributed by atoms with Gasteiger partial charge in [-0.25, -0.2) is 9.98 Å². The molecule has 6 aromatic rings. The number of phenolic OH excluding ortho intramolecular Hbond substituents is 2. The van der Waals surface area contributed by atoms with Gasteiger partial charge in [0.2, 0.25) is 0 Å². The fourth-order valence-electron chi connectivity index (χ4n) is 4.40.